The first-order valence-electron chi connectivity index (χ1n) is 7.96. The van der Waals surface area contributed by atoms with Crippen LogP contribution >= 0.6 is 24.8 Å². The summed E-state index contributed by atoms with van der Waals surface area (Å²) in [6.45, 7) is 1.89. The third kappa shape index (κ3) is 4.96. The number of halogens is 2. The van der Waals surface area contributed by atoms with E-state index in [-0.39, 0.29) is 48.7 Å². The van der Waals surface area contributed by atoms with Crippen LogP contribution in [0.25, 0.3) is 0 Å². The standard InChI is InChI=1S/C16H24N4O.2ClH/c17-14-5-3-4-13(14)16(21)19-12-7-10-20(11-8-12)15-6-1-2-9-18-15;;/h1-2,6,9,12-14H,3-5,7-8,10-11,17H2,(H,19,21);2*1H. The molecular formula is C16H26Cl2N4O. The fourth-order valence-electron chi connectivity index (χ4n) is 3.42. The van der Waals surface area contributed by atoms with Crippen molar-refractivity contribution in [1.29, 1.82) is 0 Å². The Kier molecular flexibility index (Phi) is 8.09. The topological polar surface area (TPSA) is 71.2 Å². The molecule has 2 atom stereocenters. The monoisotopic (exact) mass is 360 g/mol. The molecule has 3 N–H and O–H groups in total. The highest BCUT2D eigenvalue weighted by molar-refractivity contribution is 5.85. The molecular weight excluding hydrogens is 335 g/mol. The third-order valence-corrected chi connectivity index (χ3v) is 4.72. The summed E-state index contributed by atoms with van der Waals surface area (Å²) in [5.74, 6) is 1.22. The van der Waals surface area contributed by atoms with Crippen LogP contribution < -0.4 is 16.0 Å². The number of nitrogens with one attached hydrogen (secondary N) is 1. The summed E-state index contributed by atoms with van der Waals surface area (Å²) in [6, 6.07) is 6.32. The zero-order chi connectivity index (χ0) is 14.7. The van der Waals surface area contributed by atoms with Crippen molar-refractivity contribution in [3.8, 4) is 0 Å². The average molecular weight is 361 g/mol. The Labute approximate surface area is 150 Å². The van der Waals surface area contributed by atoms with E-state index in [4.69, 9.17) is 5.73 Å². The molecule has 130 valence electrons. The number of amides is 1. The van der Waals surface area contributed by atoms with Crippen molar-refractivity contribution >= 4 is 36.5 Å². The van der Waals surface area contributed by atoms with E-state index in [0.717, 1.165) is 51.0 Å². The van der Waals surface area contributed by atoms with Crippen LogP contribution in [0.2, 0.25) is 0 Å². The van der Waals surface area contributed by atoms with E-state index in [1.807, 2.05) is 24.4 Å². The molecule has 1 aromatic rings. The van der Waals surface area contributed by atoms with Gasteiger partial charge in [0.1, 0.15) is 5.82 Å². The highest BCUT2D eigenvalue weighted by Crippen LogP contribution is 2.25. The van der Waals surface area contributed by atoms with Crippen molar-refractivity contribution < 1.29 is 4.79 Å². The zero-order valence-electron chi connectivity index (χ0n) is 13.2. The van der Waals surface area contributed by atoms with E-state index in [1.165, 1.54) is 0 Å². The summed E-state index contributed by atoms with van der Waals surface area (Å²) in [7, 11) is 0. The second-order valence-electron chi connectivity index (χ2n) is 6.16. The number of carbonyl (C=O) groups excluding carboxylic acids is 1. The largest absolute Gasteiger partial charge is 0.356 e. The maximum absolute atomic E-state index is 12.3. The molecule has 0 aromatic carbocycles. The zero-order valence-corrected chi connectivity index (χ0v) is 14.8. The highest BCUT2D eigenvalue weighted by atomic mass is 35.5. The molecule has 2 heterocycles. The van der Waals surface area contributed by atoms with Gasteiger partial charge < -0.3 is 16.0 Å². The van der Waals surface area contributed by atoms with Crippen molar-refractivity contribution in [2.24, 2.45) is 11.7 Å². The number of aromatic nitrogens is 1. The van der Waals surface area contributed by atoms with Crippen LogP contribution in [0.15, 0.2) is 24.4 Å². The second kappa shape index (κ2) is 9.30. The lowest BCUT2D eigenvalue weighted by Gasteiger charge is -2.33. The van der Waals surface area contributed by atoms with Gasteiger partial charge >= 0.3 is 0 Å². The van der Waals surface area contributed by atoms with Crippen LogP contribution in [0.3, 0.4) is 0 Å². The van der Waals surface area contributed by atoms with Crippen LogP contribution in [0.5, 0.6) is 0 Å². The minimum absolute atomic E-state index is 0. The number of pyridine rings is 1. The van der Waals surface area contributed by atoms with E-state index in [9.17, 15) is 4.79 Å². The van der Waals surface area contributed by atoms with Gasteiger partial charge in [-0.1, -0.05) is 12.5 Å². The smallest absolute Gasteiger partial charge is 0.224 e. The number of anilines is 1. The molecule has 2 unspecified atom stereocenters. The number of hydrogen-bond donors (Lipinski definition) is 2. The molecule has 0 spiro atoms. The minimum Gasteiger partial charge on any atom is -0.356 e. The Hall–Kier alpha value is -1.04. The molecule has 1 saturated carbocycles. The first-order chi connectivity index (χ1) is 10.2. The highest BCUT2D eigenvalue weighted by Gasteiger charge is 2.32. The molecule has 2 fully saturated rings. The Morgan fingerprint density at radius 2 is 1.91 bits per heavy atom. The Bertz CT molecular complexity index is 480. The van der Waals surface area contributed by atoms with Crippen LogP contribution in [0, 0.1) is 5.92 Å². The predicted molar refractivity (Wildman–Crippen MR) is 97.4 cm³/mol. The molecule has 0 bridgehead atoms. The van der Waals surface area contributed by atoms with Gasteiger partial charge in [-0.15, -0.1) is 24.8 Å². The van der Waals surface area contributed by atoms with Gasteiger partial charge in [0.15, 0.2) is 0 Å². The van der Waals surface area contributed by atoms with Gasteiger partial charge in [-0.05, 0) is 37.8 Å². The molecule has 7 heteroatoms. The van der Waals surface area contributed by atoms with Crippen molar-refractivity contribution in [2.45, 2.75) is 44.2 Å². The molecule has 1 aromatic heterocycles. The van der Waals surface area contributed by atoms with Crippen LogP contribution in [-0.2, 0) is 4.79 Å². The number of carbonyl (C=O) groups is 1. The molecule has 1 saturated heterocycles. The molecule has 23 heavy (non-hydrogen) atoms. The minimum atomic E-state index is 0. The molecule has 5 nitrogen and oxygen atoms in total. The van der Waals surface area contributed by atoms with E-state index >= 15 is 0 Å². The molecule has 0 radical (unpaired) electrons. The summed E-state index contributed by atoms with van der Waals surface area (Å²) >= 11 is 0. The lowest BCUT2D eigenvalue weighted by molar-refractivity contribution is -0.126. The van der Waals surface area contributed by atoms with Gasteiger partial charge in [-0.25, -0.2) is 4.98 Å². The first kappa shape index (κ1) is 20.0. The van der Waals surface area contributed by atoms with Crippen LogP contribution in [-0.4, -0.2) is 36.1 Å². The summed E-state index contributed by atoms with van der Waals surface area (Å²) in [4.78, 5) is 18.9. The molecule has 1 amide bonds. The first-order valence-corrected chi connectivity index (χ1v) is 7.96. The number of rotatable bonds is 3. The quantitative estimate of drug-likeness (QED) is 0.865. The Morgan fingerprint density at radius 1 is 1.17 bits per heavy atom. The Morgan fingerprint density at radius 3 is 2.48 bits per heavy atom. The lowest BCUT2D eigenvalue weighted by Crippen LogP contribution is -2.48. The maximum atomic E-state index is 12.3. The molecule has 1 aliphatic carbocycles. The SMILES string of the molecule is Cl.Cl.NC1CCCC1C(=O)NC1CCN(c2ccccn2)CC1. The average Bonchev–Trinajstić information content (AvgIpc) is 2.95. The van der Waals surface area contributed by atoms with E-state index in [1.54, 1.807) is 0 Å². The second-order valence-corrected chi connectivity index (χ2v) is 6.16. The summed E-state index contributed by atoms with van der Waals surface area (Å²) in [6.07, 6.45) is 6.78. The van der Waals surface area contributed by atoms with Crippen LogP contribution in [0.1, 0.15) is 32.1 Å². The number of nitrogens with zero attached hydrogens (tertiary/aromatic N) is 2. The summed E-state index contributed by atoms with van der Waals surface area (Å²) < 4.78 is 0. The third-order valence-electron chi connectivity index (χ3n) is 4.72. The van der Waals surface area contributed by atoms with E-state index in [2.05, 4.69) is 15.2 Å². The van der Waals surface area contributed by atoms with Crippen molar-refractivity contribution in [3.63, 3.8) is 0 Å². The van der Waals surface area contributed by atoms with Crippen molar-refractivity contribution in [3.05, 3.63) is 24.4 Å². The van der Waals surface area contributed by atoms with Crippen molar-refractivity contribution in [2.75, 3.05) is 18.0 Å². The summed E-state index contributed by atoms with van der Waals surface area (Å²) in [5, 5.41) is 3.20. The maximum Gasteiger partial charge on any atom is 0.224 e. The van der Waals surface area contributed by atoms with Crippen molar-refractivity contribution in [1.82, 2.24) is 10.3 Å². The van der Waals surface area contributed by atoms with E-state index in [0.29, 0.717) is 0 Å². The van der Waals surface area contributed by atoms with Gasteiger partial charge in [0.05, 0.1) is 5.92 Å². The molecule has 3 rings (SSSR count). The fourth-order valence-corrected chi connectivity index (χ4v) is 3.42. The number of nitrogens with two attached hydrogens (primary N) is 1. The van der Waals surface area contributed by atoms with Gasteiger partial charge in [0, 0.05) is 31.4 Å². The van der Waals surface area contributed by atoms with E-state index < -0.39 is 0 Å². The summed E-state index contributed by atoms with van der Waals surface area (Å²) in [5.41, 5.74) is 6.01. The van der Waals surface area contributed by atoms with Gasteiger partial charge in [0.25, 0.3) is 0 Å². The van der Waals surface area contributed by atoms with Crippen LogP contribution in [0.4, 0.5) is 5.82 Å². The Balaban J connectivity index is 0.00000132. The van der Waals surface area contributed by atoms with Gasteiger partial charge in [0.2, 0.25) is 5.91 Å². The lowest BCUT2D eigenvalue weighted by atomic mass is 10.00. The molecule has 2 aliphatic rings. The predicted octanol–water partition coefficient (Wildman–Crippen LogP) is 2.14. The normalized spacial score (nSPS) is 24.5. The number of piperidine rings is 1. The fraction of sp³-hybridized carbons (Fsp3) is 0.625. The van der Waals surface area contributed by atoms with Gasteiger partial charge in [-0.3, -0.25) is 4.79 Å². The molecule has 1 aliphatic heterocycles. The van der Waals surface area contributed by atoms with Gasteiger partial charge in [-0.2, -0.15) is 0 Å². The number of hydrogen-bond acceptors (Lipinski definition) is 4.